The van der Waals surface area contributed by atoms with Crippen molar-refractivity contribution in [1.29, 1.82) is 0 Å². The molecule has 0 radical (unpaired) electrons. The lowest BCUT2D eigenvalue weighted by Gasteiger charge is -2.37. The summed E-state index contributed by atoms with van der Waals surface area (Å²) in [6.07, 6.45) is 0. The van der Waals surface area contributed by atoms with Gasteiger partial charge in [0, 0.05) is 50.4 Å². The maximum Gasteiger partial charge on any atom is 0.137 e. The van der Waals surface area contributed by atoms with Gasteiger partial charge in [0.2, 0.25) is 0 Å². The van der Waals surface area contributed by atoms with Crippen molar-refractivity contribution < 1.29 is 4.42 Å². The minimum absolute atomic E-state index is 0.543. The molecule has 0 saturated carbocycles. The highest BCUT2D eigenvalue weighted by atomic mass is 16.3. The molecule has 0 aliphatic rings. The zero-order chi connectivity index (χ0) is 38.5. The van der Waals surface area contributed by atoms with Gasteiger partial charge in [0.25, 0.3) is 0 Å². The van der Waals surface area contributed by atoms with E-state index in [0.717, 1.165) is 50.2 Å². The number of benzene rings is 9. The van der Waals surface area contributed by atoms with E-state index < -0.39 is 5.41 Å². The summed E-state index contributed by atoms with van der Waals surface area (Å²) >= 11 is 0. The van der Waals surface area contributed by atoms with Crippen LogP contribution in [0.4, 0.5) is 17.1 Å². The summed E-state index contributed by atoms with van der Waals surface area (Å²) in [5.41, 5.74) is 12.7. The quantitative estimate of drug-likeness (QED) is 0.145. The Morgan fingerprint density at radius 3 is 1.45 bits per heavy atom. The summed E-state index contributed by atoms with van der Waals surface area (Å²) in [6, 6.07) is 82.9. The highest BCUT2D eigenvalue weighted by Crippen LogP contribution is 2.47. The van der Waals surface area contributed by atoms with E-state index in [1.165, 1.54) is 38.5 Å². The molecule has 0 fully saturated rings. The van der Waals surface area contributed by atoms with Gasteiger partial charge in [-0.2, -0.15) is 0 Å². The molecular formula is C55H38N2O. The second kappa shape index (κ2) is 13.8. The summed E-state index contributed by atoms with van der Waals surface area (Å²) in [7, 11) is 0. The molecule has 0 spiro atoms. The van der Waals surface area contributed by atoms with Crippen LogP contribution < -0.4 is 4.90 Å². The van der Waals surface area contributed by atoms with Gasteiger partial charge in [-0.15, -0.1) is 0 Å². The van der Waals surface area contributed by atoms with Gasteiger partial charge in [-0.1, -0.05) is 158 Å². The van der Waals surface area contributed by atoms with E-state index >= 15 is 0 Å². The molecule has 0 N–H and O–H groups in total. The van der Waals surface area contributed by atoms with Gasteiger partial charge in [-0.05, 0) is 89.0 Å². The Hall–Kier alpha value is -7.62. The van der Waals surface area contributed by atoms with E-state index in [9.17, 15) is 0 Å². The van der Waals surface area contributed by atoms with Crippen molar-refractivity contribution in [3.05, 3.63) is 253 Å². The van der Waals surface area contributed by atoms with Gasteiger partial charge >= 0.3 is 0 Å². The molecular weight excluding hydrogens is 705 g/mol. The molecule has 0 atom stereocenters. The zero-order valence-corrected chi connectivity index (χ0v) is 31.7. The third-order valence-electron chi connectivity index (χ3n) is 11.7. The first-order valence-corrected chi connectivity index (χ1v) is 19.8. The number of hydrogen-bond acceptors (Lipinski definition) is 2. The van der Waals surface area contributed by atoms with Crippen LogP contribution in [0.2, 0.25) is 0 Å². The maximum absolute atomic E-state index is 6.48. The van der Waals surface area contributed by atoms with Gasteiger partial charge in [0.05, 0.1) is 16.4 Å². The fraction of sp³-hybridized carbons (Fsp3) is 0.0182. The molecule has 58 heavy (non-hydrogen) atoms. The van der Waals surface area contributed by atoms with E-state index in [2.05, 4.69) is 228 Å². The summed E-state index contributed by atoms with van der Waals surface area (Å²) in [5.74, 6) is 0. The van der Waals surface area contributed by atoms with Crippen LogP contribution in [0.3, 0.4) is 0 Å². The van der Waals surface area contributed by atoms with Crippen molar-refractivity contribution in [2.75, 3.05) is 4.90 Å². The molecule has 0 aliphatic heterocycles. The molecule has 274 valence electrons. The average Bonchev–Trinajstić information content (AvgIpc) is 3.84. The lowest BCUT2D eigenvalue weighted by Crippen LogP contribution is -2.31. The lowest BCUT2D eigenvalue weighted by molar-refractivity contribution is 0.669. The number of fused-ring (bicyclic) bond motifs is 6. The topological polar surface area (TPSA) is 21.3 Å². The molecule has 0 unspecified atom stereocenters. The molecule has 9 aromatic carbocycles. The Morgan fingerprint density at radius 1 is 0.328 bits per heavy atom. The highest BCUT2D eigenvalue weighted by molar-refractivity contribution is 6.11. The van der Waals surface area contributed by atoms with Gasteiger partial charge in [-0.25, -0.2) is 0 Å². The van der Waals surface area contributed by atoms with Crippen LogP contribution in [0.1, 0.15) is 22.3 Å². The number of para-hydroxylation sites is 3. The summed E-state index contributed by atoms with van der Waals surface area (Å²) in [4.78, 5) is 2.36. The Balaban J connectivity index is 1.13. The number of hydrogen-bond donors (Lipinski definition) is 0. The third kappa shape index (κ3) is 5.36. The first kappa shape index (κ1) is 33.7. The predicted octanol–water partition coefficient (Wildman–Crippen LogP) is 14.5. The Morgan fingerprint density at radius 2 is 0.793 bits per heavy atom. The highest BCUT2D eigenvalue weighted by Gasteiger charge is 2.38. The van der Waals surface area contributed by atoms with Crippen molar-refractivity contribution in [1.82, 2.24) is 4.57 Å². The smallest absolute Gasteiger partial charge is 0.137 e. The second-order valence-electron chi connectivity index (χ2n) is 14.9. The monoisotopic (exact) mass is 742 g/mol. The van der Waals surface area contributed by atoms with Crippen LogP contribution in [-0.2, 0) is 5.41 Å². The number of aromatic nitrogens is 1. The standard InChI is InChI=1S/C55H38N2O/c1-5-17-39(18-6-1)55(40-19-7-2-8-20-40,41-21-9-3-10-22-41)42-29-31-44(32-30-42)56(46-33-35-49-48-26-14-16-28-53(48)58-54(49)38-46)45-34-36-52-50(37-45)47-25-13-15-27-51(47)57(52)43-23-11-4-12-24-43/h1-38H. The number of rotatable bonds is 8. The van der Waals surface area contributed by atoms with Crippen molar-refractivity contribution in [3.8, 4) is 5.69 Å². The first-order valence-electron chi connectivity index (χ1n) is 19.8. The van der Waals surface area contributed by atoms with Crippen LogP contribution in [0, 0.1) is 0 Å². The van der Waals surface area contributed by atoms with E-state index in [1.807, 2.05) is 12.1 Å². The fourth-order valence-corrected chi connectivity index (χ4v) is 9.18. The Kier molecular flexibility index (Phi) is 8.04. The van der Waals surface area contributed by atoms with Crippen molar-refractivity contribution in [2.24, 2.45) is 0 Å². The largest absolute Gasteiger partial charge is 0.456 e. The summed E-state index contributed by atoms with van der Waals surface area (Å²) in [5, 5.41) is 4.63. The van der Waals surface area contributed by atoms with E-state index in [4.69, 9.17) is 4.42 Å². The second-order valence-corrected chi connectivity index (χ2v) is 14.9. The molecule has 11 rings (SSSR count). The number of nitrogens with zero attached hydrogens (tertiary/aromatic N) is 2. The van der Waals surface area contributed by atoms with Gasteiger partial charge in [-0.3, -0.25) is 0 Å². The van der Waals surface area contributed by atoms with Gasteiger partial charge in [0.15, 0.2) is 0 Å². The first-order chi connectivity index (χ1) is 28.8. The lowest BCUT2D eigenvalue weighted by atomic mass is 9.65. The zero-order valence-electron chi connectivity index (χ0n) is 31.7. The van der Waals surface area contributed by atoms with Crippen molar-refractivity contribution in [3.63, 3.8) is 0 Å². The molecule has 11 aromatic rings. The molecule has 0 aliphatic carbocycles. The van der Waals surface area contributed by atoms with E-state index in [0.29, 0.717) is 0 Å². The maximum atomic E-state index is 6.48. The summed E-state index contributed by atoms with van der Waals surface area (Å²) in [6.45, 7) is 0. The minimum atomic E-state index is -0.543. The van der Waals surface area contributed by atoms with E-state index in [1.54, 1.807) is 0 Å². The molecule has 2 heterocycles. The van der Waals surface area contributed by atoms with Crippen LogP contribution >= 0.6 is 0 Å². The van der Waals surface area contributed by atoms with E-state index in [-0.39, 0.29) is 0 Å². The van der Waals surface area contributed by atoms with Crippen LogP contribution in [-0.4, -0.2) is 4.57 Å². The number of anilines is 3. The minimum Gasteiger partial charge on any atom is -0.456 e. The molecule has 3 nitrogen and oxygen atoms in total. The van der Waals surface area contributed by atoms with Crippen molar-refractivity contribution >= 4 is 60.8 Å². The molecule has 0 amide bonds. The fourth-order valence-electron chi connectivity index (χ4n) is 9.18. The molecule has 3 heteroatoms. The van der Waals surface area contributed by atoms with Crippen LogP contribution in [0.15, 0.2) is 235 Å². The Labute approximate surface area is 337 Å². The average molecular weight is 743 g/mol. The predicted molar refractivity (Wildman–Crippen MR) is 241 cm³/mol. The SMILES string of the molecule is c1ccc(-n2c3ccccc3c3cc(N(c4ccc(C(c5ccccc5)(c5ccccc5)c5ccccc5)cc4)c4ccc5c(c4)oc4ccccc45)ccc32)cc1. The Bertz CT molecular complexity index is 3110. The summed E-state index contributed by atoms with van der Waals surface area (Å²) < 4.78 is 8.84. The normalized spacial score (nSPS) is 11.8. The van der Waals surface area contributed by atoms with Crippen LogP contribution in [0.5, 0.6) is 0 Å². The van der Waals surface area contributed by atoms with Gasteiger partial charge in [0.1, 0.15) is 11.2 Å². The van der Waals surface area contributed by atoms with Gasteiger partial charge < -0.3 is 13.9 Å². The molecule has 2 aromatic heterocycles. The molecule has 0 bridgehead atoms. The van der Waals surface area contributed by atoms with Crippen molar-refractivity contribution in [2.45, 2.75) is 5.41 Å². The molecule has 0 saturated heterocycles. The van der Waals surface area contributed by atoms with Crippen LogP contribution in [0.25, 0.3) is 49.4 Å². The third-order valence-corrected chi connectivity index (χ3v) is 11.7. The number of furan rings is 1.